The average molecular weight is 193 g/mol. The zero-order valence-electron chi connectivity index (χ0n) is 6.68. The van der Waals surface area contributed by atoms with Crippen molar-refractivity contribution in [3.05, 3.63) is 36.7 Å². The van der Waals surface area contributed by atoms with E-state index in [1.165, 1.54) is 0 Å². The molecule has 0 saturated carbocycles. The summed E-state index contributed by atoms with van der Waals surface area (Å²) in [6.45, 7) is 0. The second kappa shape index (κ2) is 3.24. The molecule has 1 heterocycles. The lowest BCUT2D eigenvalue weighted by Gasteiger charge is -1.98. The van der Waals surface area contributed by atoms with E-state index in [0.29, 0.717) is 4.90 Å². The number of pyridine rings is 1. The Morgan fingerprint density at radius 3 is 2.85 bits per heavy atom. The quantitative estimate of drug-likeness (QED) is 0.703. The van der Waals surface area contributed by atoms with Gasteiger partial charge in [-0.25, -0.2) is 4.21 Å². The lowest BCUT2D eigenvalue weighted by atomic mass is 10.2. The van der Waals surface area contributed by atoms with Gasteiger partial charge in [-0.1, -0.05) is 6.07 Å². The van der Waals surface area contributed by atoms with Gasteiger partial charge in [0.05, 0.1) is 4.90 Å². The van der Waals surface area contributed by atoms with Gasteiger partial charge < -0.3 is 4.55 Å². The highest BCUT2D eigenvalue weighted by Gasteiger charge is 2.00. The van der Waals surface area contributed by atoms with Crippen LogP contribution in [0.2, 0.25) is 0 Å². The molecule has 0 spiro atoms. The topological polar surface area (TPSA) is 50.2 Å². The summed E-state index contributed by atoms with van der Waals surface area (Å²) in [7, 11) is 0. The van der Waals surface area contributed by atoms with Crippen molar-refractivity contribution >= 4 is 21.9 Å². The zero-order chi connectivity index (χ0) is 9.26. The Balaban J connectivity index is 2.69. The maximum atomic E-state index is 10.7. The van der Waals surface area contributed by atoms with Crippen molar-refractivity contribution in [3.63, 3.8) is 0 Å². The molecule has 2 rings (SSSR count). The molecule has 0 aliphatic heterocycles. The normalized spacial score (nSPS) is 13.0. The van der Waals surface area contributed by atoms with Crippen molar-refractivity contribution in [1.82, 2.24) is 4.98 Å². The fourth-order valence-electron chi connectivity index (χ4n) is 1.17. The number of fused-ring (bicyclic) bond motifs is 1. The van der Waals surface area contributed by atoms with Gasteiger partial charge in [0.2, 0.25) is 0 Å². The van der Waals surface area contributed by atoms with Gasteiger partial charge in [0, 0.05) is 17.8 Å². The molecule has 0 fully saturated rings. The SMILES string of the molecule is O=S(O)c1ccc2cnccc2c1. The van der Waals surface area contributed by atoms with E-state index in [0.717, 1.165) is 10.8 Å². The number of hydrogen-bond acceptors (Lipinski definition) is 2. The highest BCUT2D eigenvalue weighted by molar-refractivity contribution is 7.79. The monoisotopic (exact) mass is 193 g/mol. The molecular formula is C9H7NO2S. The number of benzene rings is 1. The van der Waals surface area contributed by atoms with Crippen molar-refractivity contribution in [2.45, 2.75) is 4.90 Å². The molecule has 0 aliphatic carbocycles. The molecule has 1 N–H and O–H groups in total. The molecule has 2 aromatic rings. The Kier molecular flexibility index (Phi) is 2.08. The number of rotatable bonds is 1. The summed E-state index contributed by atoms with van der Waals surface area (Å²) in [5.41, 5.74) is 0. The second-order valence-corrected chi connectivity index (χ2v) is 3.60. The van der Waals surface area contributed by atoms with E-state index >= 15 is 0 Å². The van der Waals surface area contributed by atoms with Crippen LogP contribution in [0, 0.1) is 0 Å². The van der Waals surface area contributed by atoms with Gasteiger partial charge in [-0.2, -0.15) is 0 Å². The molecular weight excluding hydrogens is 186 g/mol. The first-order valence-corrected chi connectivity index (χ1v) is 4.83. The molecule has 66 valence electrons. The summed E-state index contributed by atoms with van der Waals surface area (Å²) in [6, 6.07) is 6.91. The van der Waals surface area contributed by atoms with Crippen molar-refractivity contribution < 1.29 is 8.76 Å². The van der Waals surface area contributed by atoms with Gasteiger partial charge in [0.1, 0.15) is 0 Å². The van der Waals surface area contributed by atoms with Crippen LogP contribution in [0.15, 0.2) is 41.6 Å². The van der Waals surface area contributed by atoms with Crippen LogP contribution in [0.1, 0.15) is 0 Å². The van der Waals surface area contributed by atoms with E-state index < -0.39 is 11.1 Å². The van der Waals surface area contributed by atoms with Crippen molar-refractivity contribution in [1.29, 1.82) is 0 Å². The van der Waals surface area contributed by atoms with Gasteiger partial charge in [0.15, 0.2) is 11.1 Å². The van der Waals surface area contributed by atoms with Gasteiger partial charge in [-0.3, -0.25) is 4.98 Å². The summed E-state index contributed by atoms with van der Waals surface area (Å²) in [4.78, 5) is 4.36. The smallest absolute Gasteiger partial charge is 0.186 e. The summed E-state index contributed by atoms with van der Waals surface area (Å²) < 4.78 is 19.6. The van der Waals surface area contributed by atoms with Gasteiger partial charge >= 0.3 is 0 Å². The number of hydrogen-bond donors (Lipinski definition) is 1. The second-order valence-electron chi connectivity index (χ2n) is 2.63. The maximum absolute atomic E-state index is 10.7. The Morgan fingerprint density at radius 1 is 1.23 bits per heavy atom. The van der Waals surface area contributed by atoms with Crippen LogP contribution in [-0.2, 0) is 11.1 Å². The highest BCUT2D eigenvalue weighted by Crippen LogP contribution is 2.15. The predicted molar refractivity (Wildman–Crippen MR) is 50.8 cm³/mol. The molecule has 0 amide bonds. The molecule has 1 atom stereocenters. The molecule has 0 aliphatic rings. The summed E-state index contributed by atoms with van der Waals surface area (Å²) in [5.74, 6) is 0. The van der Waals surface area contributed by atoms with Crippen LogP contribution in [0.25, 0.3) is 10.8 Å². The third-order valence-corrected chi connectivity index (χ3v) is 2.47. The van der Waals surface area contributed by atoms with E-state index in [-0.39, 0.29) is 0 Å². The summed E-state index contributed by atoms with van der Waals surface area (Å²) >= 11 is -1.91. The van der Waals surface area contributed by atoms with Crippen LogP contribution >= 0.6 is 0 Å². The largest absolute Gasteiger partial charge is 0.302 e. The Labute approximate surface area is 77.7 Å². The highest BCUT2D eigenvalue weighted by atomic mass is 32.2. The lowest BCUT2D eigenvalue weighted by Crippen LogP contribution is -1.87. The van der Waals surface area contributed by atoms with Crippen molar-refractivity contribution in [3.8, 4) is 0 Å². The van der Waals surface area contributed by atoms with E-state index in [1.807, 2.05) is 6.07 Å². The van der Waals surface area contributed by atoms with Crippen LogP contribution in [-0.4, -0.2) is 13.7 Å². The zero-order valence-corrected chi connectivity index (χ0v) is 7.49. The molecule has 1 unspecified atom stereocenters. The molecule has 0 saturated heterocycles. The first-order chi connectivity index (χ1) is 6.27. The molecule has 0 radical (unpaired) electrons. The lowest BCUT2D eigenvalue weighted by molar-refractivity contribution is 0.564. The molecule has 1 aromatic heterocycles. The molecule has 3 nitrogen and oxygen atoms in total. The Hall–Kier alpha value is -1.26. The fraction of sp³-hybridized carbons (Fsp3) is 0. The minimum atomic E-state index is -1.91. The third-order valence-electron chi connectivity index (χ3n) is 1.81. The third kappa shape index (κ3) is 1.59. The number of nitrogens with zero attached hydrogens (tertiary/aromatic N) is 1. The van der Waals surface area contributed by atoms with Gasteiger partial charge in [-0.05, 0) is 23.6 Å². The van der Waals surface area contributed by atoms with Crippen molar-refractivity contribution in [2.75, 3.05) is 0 Å². The molecule has 0 bridgehead atoms. The summed E-state index contributed by atoms with van der Waals surface area (Å²) in [5, 5.41) is 1.90. The van der Waals surface area contributed by atoms with E-state index in [9.17, 15) is 4.21 Å². The van der Waals surface area contributed by atoms with Gasteiger partial charge in [0.25, 0.3) is 0 Å². The van der Waals surface area contributed by atoms with E-state index in [1.54, 1.807) is 30.6 Å². The van der Waals surface area contributed by atoms with E-state index in [4.69, 9.17) is 4.55 Å². The first-order valence-electron chi connectivity index (χ1n) is 3.72. The minimum absolute atomic E-state index is 0.415. The molecule has 1 aromatic carbocycles. The van der Waals surface area contributed by atoms with E-state index in [2.05, 4.69) is 4.98 Å². The van der Waals surface area contributed by atoms with Crippen LogP contribution < -0.4 is 0 Å². The summed E-state index contributed by atoms with van der Waals surface area (Å²) in [6.07, 6.45) is 3.38. The minimum Gasteiger partial charge on any atom is -0.302 e. The Bertz CT molecular complexity index is 470. The predicted octanol–water partition coefficient (Wildman–Crippen LogP) is 1.82. The molecule has 13 heavy (non-hydrogen) atoms. The van der Waals surface area contributed by atoms with Crippen LogP contribution in [0.5, 0.6) is 0 Å². The van der Waals surface area contributed by atoms with Crippen LogP contribution in [0.4, 0.5) is 0 Å². The first kappa shape index (κ1) is 8.34. The van der Waals surface area contributed by atoms with Gasteiger partial charge in [-0.15, -0.1) is 0 Å². The van der Waals surface area contributed by atoms with Crippen molar-refractivity contribution in [2.24, 2.45) is 0 Å². The Morgan fingerprint density at radius 2 is 2.08 bits per heavy atom. The maximum Gasteiger partial charge on any atom is 0.186 e. The average Bonchev–Trinajstić information content (AvgIpc) is 2.17. The number of aromatic nitrogens is 1. The standard InChI is InChI=1S/C9H7NO2S/c11-13(12)9-2-1-8-6-10-4-3-7(8)5-9/h1-6H,(H,11,12). The molecule has 4 heteroatoms. The van der Waals surface area contributed by atoms with Crippen LogP contribution in [0.3, 0.4) is 0 Å². The fourth-order valence-corrected chi connectivity index (χ4v) is 1.58.